The van der Waals surface area contributed by atoms with E-state index in [2.05, 4.69) is 26.0 Å². The maximum absolute atomic E-state index is 12.5. The third kappa shape index (κ3) is 4.45. The Hall–Kier alpha value is -4.07. The molecule has 0 unspecified atom stereocenters. The minimum absolute atomic E-state index is 0.0523. The van der Waals surface area contributed by atoms with Gasteiger partial charge in [-0.15, -0.1) is 6.42 Å². The zero-order valence-electron chi connectivity index (χ0n) is 17.6. The summed E-state index contributed by atoms with van der Waals surface area (Å²) in [6, 6.07) is 13.0. The molecule has 33 heavy (non-hydrogen) atoms. The molecule has 0 fully saturated rings. The van der Waals surface area contributed by atoms with Gasteiger partial charge in [-0.2, -0.15) is 9.61 Å². The minimum Gasteiger partial charge on any atom is -0.504 e. The fourth-order valence-electron chi connectivity index (χ4n) is 3.32. The summed E-state index contributed by atoms with van der Waals surface area (Å²) in [6.45, 7) is 2.28. The first kappa shape index (κ1) is 22.1. The predicted molar refractivity (Wildman–Crippen MR) is 125 cm³/mol. The summed E-state index contributed by atoms with van der Waals surface area (Å²) in [4.78, 5) is 4.53. The fourth-order valence-corrected chi connectivity index (χ4v) is 4.37. The molecular formula is C23H21N5O4S. The zero-order chi connectivity index (χ0) is 23.6. The van der Waals surface area contributed by atoms with Gasteiger partial charge in [0.25, 0.3) is 0 Å². The number of aromatic hydroxyl groups is 2. The Morgan fingerprint density at radius 2 is 1.88 bits per heavy atom. The molecule has 10 heteroatoms. The normalized spacial score (nSPS) is 11.4. The van der Waals surface area contributed by atoms with Gasteiger partial charge >= 0.3 is 0 Å². The third-order valence-electron chi connectivity index (χ3n) is 5.03. The molecule has 0 aliphatic carbocycles. The van der Waals surface area contributed by atoms with Crippen LogP contribution in [-0.2, 0) is 10.0 Å². The topological polar surface area (TPSA) is 129 Å². The highest BCUT2D eigenvalue weighted by Gasteiger charge is 2.16. The number of terminal acetylenes is 1. The molecule has 0 atom stereocenters. The van der Waals surface area contributed by atoms with Crippen LogP contribution in [0.2, 0.25) is 0 Å². The van der Waals surface area contributed by atoms with E-state index in [1.54, 1.807) is 10.7 Å². The molecular weight excluding hydrogens is 442 g/mol. The van der Waals surface area contributed by atoms with Gasteiger partial charge in [-0.25, -0.2) is 18.1 Å². The summed E-state index contributed by atoms with van der Waals surface area (Å²) in [5.41, 5.74) is 3.76. The molecule has 2 heterocycles. The Morgan fingerprint density at radius 1 is 1.09 bits per heavy atom. The number of fused-ring (bicyclic) bond motifs is 1. The van der Waals surface area contributed by atoms with Gasteiger partial charge in [0.05, 0.1) is 22.3 Å². The molecule has 4 rings (SSSR count). The van der Waals surface area contributed by atoms with E-state index in [1.807, 2.05) is 37.3 Å². The Morgan fingerprint density at radius 3 is 2.61 bits per heavy atom. The summed E-state index contributed by atoms with van der Waals surface area (Å²) in [5.74, 6) is 2.27. The SMILES string of the molecule is C#Cc1cnn2c(NCCNS(=O)(=O)c3ccc(O)c(O)c3)cc(-c3ccccc3C)nc12. The lowest BCUT2D eigenvalue weighted by molar-refractivity contribution is 0.402. The Balaban J connectivity index is 1.56. The molecule has 0 aliphatic heterocycles. The number of aromatic nitrogens is 3. The number of hydrogen-bond donors (Lipinski definition) is 4. The van der Waals surface area contributed by atoms with Crippen molar-refractivity contribution in [2.45, 2.75) is 11.8 Å². The average molecular weight is 464 g/mol. The highest BCUT2D eigenvalue weighted by atomic mass is 32.2. The van der Waals surface area contributed by atoms with E-state index in [4.69, 9.17) is 6.42 Å². The lowest BCUT2D eigenvalue weighted by Gasteiger charge is -2.13. The highest BCUT2D eigenvalue weighted by molar-refractivity contribution is 7.89. The molecule has 9 nitrogen and oxygen atoms in total. The van der Waals surface area contributed by atoms with Crippen LogP contribution in [-0.4, -0.2) is 46.3 Å². The van der Waals surface area contributed by atoms with Crippen molar-refractivity contribution in [3.8, 4) is 35.1 Å². The van der Waals surface area contributed by atoms with Crippen LogP contribution in [0.4, 0.5) is 5.82 Å². The number of rotatable bonds is 7. The fraction of sp³-hybridized carbons (Fsp3) is 0.130. The third-order valence-corrected chi connectivity index (χ3v) is 6.49. The molecule has 0 amide bonds. The van der Waals surface area contributed by atoms with E-state index >= 15 is 0 Å². The summed E-state index contributed by atoms with van der Waals surface area (Å²) in [6.07, 6.45) is 7.15. The molecule has 168 valence electrons. The first-order chi connectivity index (χ1) is 15.8. The number of benzene rings is 2. The van der Waals surface area contributed by atoms with Gasteiger partial charge in [-0.3, -0.25) is 0 Å². The number of aryl methyl sites for hydroxylation is 1. The molecule has 0 aliphatic rings. The van der Waals surface area contributed by atoms with Crippen LogP contribution in [0.15, 0.2) is 59.6 Å². The largest absolute Gasteiger partial charge is 0.504 e. The van der Waals surface area contributed by atoms with Crippen LogP contribution in [0.1, 0.15) is 11.1 Å². The second-order valence-corrected chi connectivity index (χ2v) is 9.02. The highest BCUT2D eigenvalue weighted by Crippen LogP contribution is 2.27. The predicted octanol–water partition coefficient (Wildman–Crippen LogP) is 2.49. The molecule has 0 saturated carbocycles. The van der Waals surface area contributed by atoms with Crippen molar-refractivity contribution in [3.05, 3.63) is 65.9 Å². The molecule has 0 bridgehead atoms. The van der Waals surface area contributed by atoms with Crippen molar-refractivity contribution in [2.75, 3.05) is 18.4 Å². The summed E-state index contributed by atoms with van der Waals surface area (Å²) < 4.78 is 28.9. The first-order valence-corrected chi connectivity index (χ1v) is 11.5. The molecule has 0 spiro atoms. The van der Waals surface area contributed by atoms with Crippen LogP contribution in [0.5, 0.6) is 11.5 Å². The zero-order valence-corrected chi connectivity index (χ0v) is 18.5. The Kier molecular flexibility index (Phi) is 5.91. The lowest BCUT2D eigenvalue weighted by atomic mass is 10.1. The van der Waals surface area contributed by atoms with Crippen molar-refractivity contribution in [1.29, 1.82) is 0 Å². The molecule has 0 radical (unpaired) electrons. The summed E-state index contributed by atoms with van der Waals surface area (Å²) in [5, 5.41) is 26.4. The summed E-state index contributed by atoms with van der Waals surface area (Å²) >= 11 is 0. The van der Waals surface area contributed by atoms with E-state index in [9.17, 15) is 18.6 Å². The van der Waals surface area contributed by atoms with Crippen LogP contribution in [0.3, 0.4) is 0 Å². The van der Waals surface area contributed by atoms with Gasteiger partial charge < -0.3 is 15.5 Å². The van der Waals surface area contributed by atoms with Crippen molar-refractivity contribution in [3.63, 3.8) is 0 Å². The van der Waals surface area contributed by atoms with Crippen molar-refractivity contribution >= 4 is 21.5 Å². The monoisotopic (exact) mass is 463 g/mol. The second-order valence-electron chi connectivity index (χ2n) is 7.25. The van der Waals surface area contributed by atoms with Gasteiger partial charge in [0.1, 0.15) is 5.82 Å². The van der Waals surface area contributed by atoms with Crippen molar-refractivity contribution in [2.24, 2.45) is 0 Å². The Labute approximate surface area is 190 Å². The number of nitrogens with one attached hydrogen (secondary N) is 2. The number of phenolic OH excluding ortho intramolecular Hbond substituents is 2. The standard InChI is InChI=1S/C23H21N5O4S/c1-3-16-14-25-28-22(13-19(27-23(16)28)18-7-5-4-6-15(18)2)24-10-11-26-33(31,32)17-8-9-20(29)21(30)12-17/h1,4-9,12-14,24,26,29-30H,10-11H2,2H3. The van der Waals surface area contributed by atoms with Gasteiger partial charge in [0.2, 0.25) is 10.0 Å². The van der Waals surface area contributed by atoms with Gasteiger partial charge in [-0.1, -0.05) is 30.2 Å². The van der Waals surface area contributed by atoms with Crippen molar-refractivity contribution < 1.29 is 18.6 Å². The van der Waals surface area contributed by atoms with E-state index in [0.717, 1.165) is 23.3 Å². The molecule has 4 aromatic rings. The quantitative estimate of drug-likeness (QED) is 0.188. The van der Waals surface area contributed by atoms with Gasteiger partial charge in [0, 0.05) is 30.8 Å². The van der Waals surface area contributed by atoms with Crippen LogP contribution >= 0.6 is 0 Å². The number of phenols is 2. The Bertz CT molecular complexity index is 1490. The second kappa shape index (κ2) is 8.82. The van der Waals surface area contributed by atoms with E-state index in [0.29, 0.717) is 22.7 Å². The number of anilines is 1. The van der Waals surface area contributed by atoms with E-state index in [-0.39, 0.29) is 18.0 Å². The lowest BCUT2D eigenvalue weighted by Crippen LogP contribution is -2.29. The van der Waals surface area contributed by atoms with Gasteiger partial charge in [-0.05, 0) is 24.6 Å². The van der Waals surface area contributed by atoms with Gasteiger partial charge in [0.15, 0.2) is 17.1 Å². The van der Waals surface area contributed by atoms with Crippen LogP contribution in [0, 0.1) is 19.3 Å². The van der Waals surface area contributed by atoms with Crippen LogP contribution in [0.25, 0.3) is 16.9 Å². The summed E-state index contributed by atoms with van der Waals surface area (Å²) in [7, 11) is -3.88. The van der Waals surface area contributed by atoms with Crippen LogP contribution < -0.4 is 10.0 Å². The molecule has 2 aromatic heterocycles. The molecule has 2 aromatic carbocycles. The van der Waals surface area contributed by atoms with Crippen molar-refractivity contribution in [1.82, 2.24) is 19.3 Å². The molecule has 4 N–H and O–H groups in total. The van der Waals surface area contributed by atoms with E-state index < -0.39 is 21.5 Å². The molecule has 0 saturated heterocycles. The smallest absolute Gasteiger partial charge is 0.240 e. The first-order valence-electron chi connectivity index (χ1n) is 9.97. The average Bonchev–Trinajstić information content (AvgIpc) is 3.22. The minimum atomic E-state index is -3.88. The maximum Gasteiger partial charge on any atom is 0.240 e. The number of nitrogens with zero attached hydrogens (tertiary/aromatic N) is 3. The number of sulfonamides is 1. The number of hydrogen-bond acceptors (Lipinski definition) is 7. The van der Waals surface area contributed by atoms with E-state index in [1.165, 1.54) is 6.07 Å². The maximum atomic E-state index is 12.5.